The number of hydrogen-bond acceptors (Lipinski definition) is 4. The lowest BCUT2D eigenvalue weighted by Crippen LogP contribution is -2.45. The Labute approximate surface area is 138 Å². The van der Waals surface area contributed by atoms with E-state index in [0.29, 0.717) is 24.4 Å². The maximum Gasteiger partial charge on any atom is 0.267 e. The first-order valence-electron chi connectivity index (χ1n) is 6.82. The van der Waals surface area contributed by atoms with Gasteiger partial charge in [0.2, 0.25) is 0 Å². The Hall–Kier alpha value is -0.830. The highest BCUT2D eigenvalue weighted by Crippen LogP contribution is 2.35. The molecule has 0 saturated carbocycles. The van der Waals surface area contributed by atoms with Crippen molar-refractivity contribution in [1.82, 2.24) is 0 Å². The van der Waals surface area contributed by atoms with Gasteiger partial charge in [0.05, 0.1) is 11.4 Å². The van der Waals surface area contributed by atoms with Gasteiger partial charge in [-0.15, -0.1) is 0 Å². The van der Waals surface area contributed by atoms with Crippen molar-refractivity contribution in [3.63, 3.8) is 0 Å². The van der Waals surface area contributed by atoms with Crippen LogP contribution < -0.4 is 9.64 Å². The maximum atomic E-state index is 12.2. The molecule has 0 spiro atoms. The third kappa shape index (κ3) is 3.88. The summed E-state index contributed by atoms with van der Waals surface area (Å²) in [6, 6.07) is 5.63. The molecule has 1 atom stereocenters. The standard InChI is InChI=1S/C14H18INO4S/c1-3-21(18,19)8-4-7-16-12-6-5-11(15)9-13(12)20-10(2)14(16)17/h5-6,9-10H,3-4,7-8H2,1-2H3. The third-order valence-corrected chi connectivity index (χ3v) is 5.87. The van der Waals surface area contributed by atoms with Gasteiger partial charge in [0, 0.05) is 15.9 Å². The highest BCUT2D eigenvalue weighted by atomic mass is 127. The minimum absolute atomic E-state index is 0.0994. The Bertz CT molecular complexity index is 644. The van der Waals surface area contributed by atoms with Crippen molar-refractivity contribution in [1.29, 1.82) is 0 Å². The monoisotopic (exact) mass is 423 g/mol. The normalized spacial score (nSPS) is 18.3. The molecule has 21 heavy (non-hydrogen) atoms. The molecule has 1 aromatic carbocycles. The molecule has 0 bridgehead atoms. The molecular formula is C14H18INO4S. The summed E-state index contributed by atoms with van der Waals surface area (Å²) in [6.07, 6.45) is -0.112. The first kappa shape index (κ1) is 16.5. The van der Waals surface area contributed by atoms with Crippen molar-refractivity contribution in [2.75, 3.05) is 23.0 Å². The van der Waals surface area contributed by atoms with Gasteiger partial charge >= 0.3 is 0 Å². The van der Waals surface area contributed by atoms with Crippen LogP contribution >= 0.6 is 22.6 Å². The van der Waals surface area contributed by atoms with E-state index in [0.717, 1.165) is 3.57 Å². The lowest BCUT2D eigenvalue weighted by Gasteiger charge is -2.33. The topological polar surface area (TPSA) is 63.7 Å². The molecule has 1 unspecified atom stereocenters. The van der Waals surface area contributed by atoms with Gasteiger partial charge in [0.1, 0.15) is 15.6 Å². The van der Waals surface area contributed by atoms with Crippen molar-refractivity contribution in [2.45, 2.75) is 26.4 Å². The van der Waals surface area contributed by atoms with Crippen LogP contribution in [-0.2, 0) is 14.6 Å². The number of rotatable bonds is 5. The van der Waals surface area contributed by atoms with Crippen LogP contribution in [0.3, 0.4) is 0 Å². The van der Waals surface area contributed by atoms with Crippen molar-refractivity contribution in [3.05, 3.63) is 21.8 Å². The van der Waals surface area contributed by atoms with E-state index < -0.39 is 15.9 Å². The van der Waals surface area contributed by atoms with E-state index in [1.54, 1.807) is 18.7 Å². The fraction of sp³-hybridized carbons (Fsp3) is 0.500. The maximum absolute atomic E-state index is 12.2. The fourth-order valence-electron chi connectivity index (χ4n) is 2.20. The van der Waals surface area contributed by atoms with E-state index >= 15 is 0 Å². The number of carbonyl (C=O) groups is 1. The molecular weight excluding hydrogens is 405 g/mol. The lowest BCUT2D eigenvalue weighted by molar-refractivity contribution is -0.125. The summed E-state index contributed by atoms with van der Waals surface area (Å²) in [5, 5.41) is 0. The molecule has 1 aliphatic heterocycles. The zero-order chi connectivity index (χ0) is 15.6. The molecule has 0 N–H and O–H groups in total. The number of hydrogen-bond donors (Lipinski definition) is 0. The van der Waals surface area contributed by atoms with Gasteiger partial charge in [-0.25, -0.2) is 8.42 Å². The molecule has 0 aromatic heterocycles. The number of amides is 1. The van der Waals surface area contributed by atoms with Gasteiger partial charge in [-0.1, -0.05) is 6.92 Å². The number of fused-ring (bicyclic) bond motifs is 1. The van der Waals surface area contributed by atoms with Gasteiger partial charge < -0.3 is 9.64 Å². The molecule has 1 aliphatic rings. The second-order valence-electron chi connectivity index (χ2n) is 4.95. The molecule has 0 radical (unpaired) electrons. The molecule has 1 aromatic rings. The Morgan fingerprint density at radius 3 is 2.76 bits per heavy atom. The summed E-state index contributed by atoms with van der Waals surface area (Å²) in [5.74, 6) is 0.780. The molecule has 2 rings (SSSR count). The van der Waals surface area contributed by atoms with Crippen LogP contribution in [0.4, 0.5) is 5.69 Å². The molecule has 1 heterocycles. The number of anilines is 1. The summed E-state index contributed by atoms with van der Waals surface area (Å²) < 4.78 is 29.7. The van der Waals surface area contributed by atoms with E-state index in [2.05, 4.69) is 22.6 Å². The molecule has 7 heteroatoms. The largest absolute Gasteiger partial charge is 0.479 e. The first-order chi connectivity index (χ1) is 9.84. The van der Waals surface area contributed by atoms with E-state index in [9.17, 15) is 13.2 Å². The minimum Gasteiger partial charge on any atom is -0.479 e. The third-order valence-electron chi connectivity index (χ3n) is 3.41. The number of nitrogens with zero attached hydrogens (tertiary/aromatic N) is 1. The zero-order valence-electron chi connectivity index (χ0n) is 12.0. The molecule has 0 aliphatic carbocycles. The Kier molecular flexibility index (Phi) is 5.13. The average molecular weight is 423 g/mol. The number of benzene rings is 1. The number of sulfone groups is 1. The van der Waals surface area contributed by atoms with Crippen LogP contribution in [0.15, 0.2) is 18.2 Å². The number of carbonyl (C=O) groups excluding carboxylic acids is 1. The predicted octanol–water partition coefficient (Wildman–Crippen LogP) is 2.23. The molecule has 1 amide bonds. The highest BCUT2D eigenvalue weighted by Gasteiger charge is 2.31. The summed E-state index contributed by atoms with van der Waals surface area (Å²) in [5.41, 5.74) is 0.715. The van der Waals surface area contributed by atoms with E-state index in [4.69, 9.17) is 4.74 Å². The van der Waals surface area contributed by atoms with Crippen molar-refractivity contribution >= 4 is 44.0 Å². The lowest BCUT2D eigenvalue weighted by atomic mass is 10.2. The zero-order valence-corrected chi connectivity index (χ0v) is 15.0. The number of ether oxygens (including phenoxy) is 1. The van der Waals surface area contributed by atoms with Gasteiger partial charge in [-0.05, 0) is 54.1 Å². The van der Waals surface area contributed by atoms with E-state index in [1.165, 1.54) is 0 Å². The quantitative estimate of drug-likeness (QED) is 0.682. The Morgan fingerprint density at radius 2 is 2.10 bits per heavy atom. The van der Waals surface area contributed by atoms with Crippen LogP contribution in [0.1, 0.15) is 20.3 Å². The smallest absolute Gasteiger partial charge is 0.267 e. The van der Waals surface area contributed by atoms with Crippen molar-refractivity contribution in [3.8, 4) is 5.75 Å². The Balaban J connectivity index is 2.17. The molecule has 116 valence electrons. The van der Waals surface area contributed by atoms with E-state index in [1.807, 2.05) is 18.2 Å². The molecule has 0 saturated heterocycles. The average Bonchev–Trinajstić information content (AvgIpc) is 2.43. The Morgan fingerprint density at radius 1 is 1.38 bits per heavy atom. The van der Waals surface area contributed by atoms with Crippen LogP contribution in [0, 0.1) is 3.57 Å². The van der Waals surface area contributed by atoms with Crippen LogP contribution in [0.25, 0.3) is 0 Å². The molecule has 0 fully saturated rings. The van der Waals surface area contributed by atoms with Crippen LogP contribution in [0.5, 0.6) is 5.75 Å². The second-order valence-corrected chi connectivity index (χ2v) is 8.67. The van der Waals surface area contributed by atoms with Crippen molar-refractivity contribution < 1.29 is 17.9 Å². The fourth-order valence-corrected chi connectivity index (χ4v) is 3.52. The van der Waals surface area contributed by atoms with Gasteiger partial charge in [0.15, 0.2) is 6.10 Å². The van der Waals surface area contributed by atoms with Gasteiger partial charge in [-0.2, -0.15) is 0 Å². The first-order valence-corrected chi connectivity index (χ1v) is 9.72. The van der Waals surface area contributed by atoms with Crippen LogP contribution in [0.2, 0.25) is 0 Å². The summed E-state index contributed by atoms with van der Waals surface area (Å²) in [4.78, 5) is 13.9. The summed E-state index contributed by atoms with van der Waals surface area (Å²) >= 11 is 2.19. The van der Waals surface area contributed by atoms with Gasteiger partial charge in [-0.3, -0.25) is 4.79 Å². The van der Waals surface area contributed by atoms with Gasteiger partial charge in [0.25, 0.3) is 5.91 Å². The van der Waals surface area contributed by atoms with Crippen molar-refractivity contribution in [2.24, 2.45) is 0 Å². The predicted molar refractivity (Wildman–Crippen MR) is 90.5 cm³/mol. The second kappa shape index (κ2) is 6.51. The molecule has 5 nitrogen and oxygen atoms in total. The SMILES string of the molecule is CCS(=O)(=O)CCCN1C(=O)C(C)Oc2cc(I)ccc21. The van der Waals surface area contributed by atoms with E-state index in [-0.39, 0.29) is 17.4 Å². The summed E-state index contributed by atoms with van der Waals surface area (Å²) in [7, 11) is -3.01. The summed E-state index contributed by atoms with van der Waals surface area (Å²) in [6.45, 7) is 3.73. The minimum atomic E-state index is -3.01. The highest BCUT2D eigenvalue weighted by molar-refractivity contribution is 14.1. The van der Waals surface area contributed by atoms with Crippen LogP contribution in [-0.4, -0.2) is 38.5 Å². The number of halogens is 1.